The molecule has 0 radical (unpaired) electrons. The zero-order valence-electron chi connectivity index (χ0n) is 16.6. The minimum absolute atomic E-state index is 0.191. The lowest BCUT2D eigenvalue weighted by Gasteiger charge is -2.08. The minimum atomic E-state index is -0.300. The maximum atomic E-state index is 13.0. The summed E-state index contributed by atoms with van der Waals surface area (Å²) >= 11 is 0. The van der Waals surface area contributed by atoms with Crippen LogP contribution in [0.4, 0.5) is 10.3 Å². The van der Waals surface area contributed by atoms with Gasteiger partial charge in [-0.1, -0.05) is 12.1 Å². The van der Waals surface area contributed by atoms with Crippen molar-refractivity contribution in [2.75, 3.05) is 11.9 Å². The Kier molecular flexibility index (Phi) is 6.27. The first-order valence-electron chi connectivity index (χ1n) is 9.74. The van der Waals surface area contributed by atoms with Crippen LogP contribution in [0.1, 0.15) is 16.7 Å². The van der Waals surface area contributed by atoms with Gasteiger partial charge in [0.2, 0.25) is 5.95 Å². The van der Waals surface area contributed by atoms with E-state index in [0.717, 1.165) is 17.5 Å². The van der Waals surface area contributed by atoms with E-state index in [1.54, 1.807) is 30.7 Å². The van der Waals surface area contributed by atoms with Gasteiger partial charge in [0.15, 0.2) is 0 Å². The molecule has 0 atom stereocenters. The topological polar surface area (TPSA) is 92.8 Å². The van der Waals surface area contributed by atoms with Gasteiger partial charge in [-0.2, -0.15) is 0 Å². The summed E-state index contributed by atoms with van der Waals surface area (Å²) < 4.78 is 18.6. The highest BCUT2D eigenvalue weighted by Crippen LogP contribution is 2.22. The highest BCUT2D eigenvalue weighted by molar-refractivity contribution is 5.34. The van der Waals surface area contributed by atoms with E-state index in [1.807, 2.05) is 24.3 Å². The average Bonchev–Trinajstić information content (AvgIpc) is 2.79. The fourth-order valence-corrected chi connectivity index (χ4v) is 2.97. The van der Waals surface area contributed by atoms with Crippen molar-refractivity contribution >= 4 is 5.95 Å². The van der Waals surface area contributed by atoms with Crippen LogP contribution in [-0.2, 0) is 12.8 Å². The first-order valence-corrected chi connectivity index (χ1v) is 9.74. The van der Waals surface area contributed by atoms with E-state index in [9.17, 15) is 9.18 Å². The second-order valence-corrected chi connectivity index (χ2v) is 6.89. The Bertz CT molecular complexity index is 1180. The Morgan fingerprint density at radius 3 is 2.26 bits per heavy atom. The lowest BCUT2D eigenvalue weighted by molar-refractivity contribution is 0.480. The third-order valence-corrected chi connectivity index (χ3v) is 4.56. The summed E-state index contributed by atoms with van der Waals surface area (Å²) in [5.74, 6) is 1.38. The summed E-state index contributed by atoms with van der Waals surface area (Å²) in [5, 5.41) is 3.13. The molecule has 0 unspecified atom stereocenters. The van der Waals surface area contributed by atoms with Crippen molar-refractivity contribution in [3.63, 3.8) is 0 Å². The Morgan fingerprint density at radius 1 is 0.903 bits per heavy atom. The van der Waals surface area contributed by atoms with Crippen molar-refractivity contribution in [1.29, 1.82) is 0 Å². The van der Waals surface area contributed by atoms with Gasteiger partial charge in [-0.05, 0) is 53.9 Å². The van der Waals surface area contributed by atoms with E-state index >= 15 is 0 Å². The van der Waals surface area contributed by atoms with Crippen LogP contribution in [0.3, 0.4) is 0 Å². The molecule has 2 aromatic carbocycles. The Balaban J connectivity index is 1.28. The molecule has 0 aliphatic carbocycles. The van der Waals surface area contributed by atoms with Crippen molar-refractivity contribution in [2.24, 2.45) is 0 Å². The molecular weight excluding hydrogens is 397 g/mol. The van der Waals surface area contributed by atoms with Gasteiger partial charge < -0.3 is 10.1 Å². The number of halogens is 1. The van der Waals surface area contributed by atoms with E-state index in [2.05, 4.69) is 25.3 Å². The maximum Gasteiger partial charge on any atom is 0.255 e. The van der Waals surface area contributed by atoms with Crippen LogP contribution in [0.15, 0.2) is 78.2 Å². The first-order chi connectivity index (χ1) is 15.2. The zero-order chi connectivity index (χ0) is 21.5. The monoisotopic (exact) mass is 417 g/mol. The number of rotatable bonds is 8. The Labute approximate surface area is 178 Å². The second kappa shape index (κ2) is 9.62. The van der Waals surface area contributed by atoms with E-state index in [1.165, 1.54) is 18.5 Å². The van der Waals surface area contributed by atoms with Gasteiger partial charge in [-0.25, -0.2) is 19.3 Å². The van der Waals surface area contributed by atoms with E-state index in [-0.39, 0.29) is 11.4 Å². The van der Waals surface area contributed by atoms with Crippen molar-refractivity contribution in [1.82, 2.24) is 19.9 Å². The third kappa shape index (κ3) is 5.72. The van der Waals surface area contributed by atoms with Crippen molar-refractivity contribution in [2.45, 2.75) is 12.8 Å². The maximum absolute atomic E-state index is 13.0. The molecule has 4 aromatic rings. The fourth-order valence-electron chi connectivity index (χ4n) is 2.97. The molecule has 7 nitrogen and oxygen atoms in total. The van der Waals surface area contributed by atoms with Crippen LogP contribution in [0.25, 0.3) is 0 Å². The molecule has 0 saturated carbocycles. The molecule has 2 N–H and O–H groups in total. The summed E-state index contributed by atoms with van der Waals surface area (Å²) in [6.45, 7) is 0.604. The van der Waals surface area contributed by atoms with Crippen LogP contribution < -0.4 is 15.6 Å². The summed E-state index contributed by atoms with van der Waals surface area (Å²) in [5.41, 5.74) is 2.31. The van der Waals surface area contributed by atoms with Gasteiger partial charge >= 0.3 is 0 Å². The summed E-state index contributed by atoms with van der Waals surface area (Å²) in [7, 11) is 0. The molecule has 156 valence electrons. The molecule has 2 aromatic heterocycles. The van der Waals surface area contributed by atoms with Crippen LogP contribution >= 0.6 is 0 Å². The number of benzene rings is 2. The quantitative estimate of drug-likeness (QED) is 0.454. The number of nitrogens with zero attached hydrogens (tertiary/aromatic N) is 3. The largest absolute Gasteiger partial charge is 0.457 e. The van der Waals surface area contributed by atoms with Crippen molar-refractivity contribution < 1.29 is 9.13 Å². The number of aromatic amines is 1. The van der Waals surface area contributed by atoms with Gasteiger partial charge in [0.05, 0.1) is 0 Å². The Hall–Kier alpha value is -4.07. The summed E-state index contributed by atoms with van der Waals surface area (Å²) in [6, 6.07) is 13.5. The number of H-pyrrole nitrogens is 1. The second-order valence-electron chi connectivity index (χ2n) is 6.89. The molecule has 0 saturated heterocycles. The lowest BCUT2D eigenvalue weighted by atomic mass is 10.1. The number of aromatic nitrogens is 4. The molecular formula is C23H20FN5O2. The van der Waals surface area contributed by atoms with Gasteiger partial charge in [-0.15, -0.1) is 0 Å². The number of anilines is 1. The van der Waals surface area contributed by atoms with E-state index in [4.69, 9.17) is 4.74 Å². The predicted octanol–water partition coefficient (Wildman–Crippen LogP) is 3.74. The molecule has 31 heavy (non-hydrogen) atoms. The third-order valence-electron chi connectivity index (χ3n) is 4.56. The van der Waals surface area contributed by atoms with Gasteiger partial charge in [0.1, 0.15) is 23.6 Å². The smallest absolute Gasteiger partial charge is 0.255 e. The molecule has 0 aliphatic rings. The minimum Gasteiger partial charge on any atom is -0.457 e. The average molecular weight is 417 g/mol. The summed E-state index contributed by atoms with van der Waals surface area (Å²) in [6.07, 6.45) is 7.53. The highest BCUT2D eigenvalue weighted by atomic mass is 19.1. The first kappa shape index (κ1) is 20.2. The number of nitrogens with one attached hydrogen (secondary N) is 2. The summed E-state index contributed by atoms with van der Waals surface area (Å²) in [4.78, 5) is 27.2. The Morgan fingerprint density at radius 2 is 1.58 bits per heavy atom. The van der Waals surface area contributed by atoms with Crippen LogP contribution in [0.5, 0.6) is 11.5 Å². The van der Waals surface area contributed by atoms with Crippen molar-refractivity contribution in [3.05, 3.63) is 106 Å². The zero-order valence-corrected chi connectivity index (χ0v) is 16.6. The van der Waals surface area contributed by atoms with Gasteiger partial charge in [0, 0.05) is 37.1 Å². The van der Waals surface area contributed by atoms with Gasteiger partial charge in [0.25, 0.3) is 5.56 Å². The van der Waals surface area contributed by atoms with Crippen LogP contribution in [0, 0.1) is 5.82 Å². The molecule has 0 amide bonds. The van der Waals surface area contributed by atoms with Crippen molar-refractivity contribution in [3.8, 4) is 11.5 Å². The fraction of sp³-hybridized carbons (Fsp3) is 0.130. The molecule has 0 fully saturated rings. The normalized spacial score (nSPS) is 10.6. The number of ether oxygens (including phenoxy) is 1. The molecule has 0 bridgehead atoms. The molecule has 0 spiro atoms. The van der Waals surface area contributed by atoms with Gasteiger partial charge in [-0.3, -0.25) is 9.78 Å². The number of hydrogen-bond donors (Lipinski definition) is 2. The van der Waals surface area contributed by atoms with E-state index in [0.29, 0.717) is 36.0 Å². The number of hydrogen-bond acceptors (Lipinski definition) is 6. The molecule has 4 rings (SSSR count). The lowest BCUT2D eigenvalue weighted by Crippen LogP contribution is -2.18. The SMILES string of the molecule is O=c1[nH]c(NCCc2ccc(Oc3ccc(F)cc3)cc2)ncc1Cc1cncnc1. The molecule has 2 heterocycles. The highest BCUT2D eigenvalue weighted by Gasteiger charge is 2.05. The van der Waals surface area contributed by atoms with Crippen LogP contribution in [-0.4, -0.2) is 26.5 Å². The molecule has 8 heteroatoms. The molecule has 0 aliphatic heterocycles. The predicted molar refractivity (Wildman–Crippen MR) is 115 cm³/mol. The van der Waals surface area contributed by atoms with E-state index < -0.39 is 0 Å². The van der Waals surface area contributed by atoms with Crippen LogP contribution in [0.2, 0.25) is 0 Å². The standard InChI is InChI=1S/C23H20FN5O2/c24-19-3-7-21(8-4-19)31-20-5-1-16(2-6-20)9-10-27-23-28-14-18(22(30)29-23)11-17-12-25-15-26-13-17/h1-8,12-15H,9-11H2,(H2,27,28,29,30).